The molecule has 0 saturated heterocycles. The van der Waals surface area contributed by atoms with Gasteiger partial charge in [-0.3, -0.25) is 4.40 Å². The van der Waals surface area contributed by atoms with Gasteiger partial charge in [-0.25, -0.2) is 4.98 Å². The number of rotatable bonds is 6. The van der Waals surface area contributed by atoms with Crippen LogP contribution in [0, 0.1) is 0 Å². The minimum absolute atomic E-state index is 0.340. The molecule has 0 fully saturated rings. The van der Waals surface area contributed by atoms with Gasteiger partial charge in [0, 0.05) is 28.2 Å². The molecular formula is C19H14Cl2N4OS. The van der Waals surface area contributed by atoms with Gasteiger partial charge in [0.1, 0.15) is 6.61 Å². The first-order valence-electron chi connectivity index (χ1n) is 8.13. The molecule has 5 nitrogen and oxygen atoms in total. The maximum Gasteiger partial charge on any atom is 0.278 e. The normalized spacial score (nSPS) is 11.0. The van der Waals surface area contributed by atoms with Gasteiger partial charge < -0.3 is 4.74 Å². The van der Waals surface area contributed by atoms with Crippen LogP contribution in [0.1, 0.15) is 11.1 Å². The van der Waals surface area contributed by atoms with Crippen molar-refractivity contribution in [3.63, 3.8) is 0 Å². The highest BCUT2D eigenvalue weighted by Gasteiger charge is 2.12. The third-order valence-corrected chi connectivity index (χ3v) is 5.27. The standard InChI is InChI=1S/C19H14Cl2N4OS/c20-15-5-1-3-13(9-15)11-26-18-17-22-7-8-25(17)19(24-23-18)27-12-14-4-2-6-16(21)10-14/h1-10H,11-12H2. The van der Waals surface area contributed by atoms with E-state index in [0.29, 0.717) is 23.2 Å². The summed E-state index contributed by atoms with van der Waals surface area (Å²) in [4.78, 5) is 4.35. The zero-order valence-electron chi connectivity index (χ0n) is 14.0. The number of imidazole rings is 1. The number of fused-ring (bicyclic) bond motifs is 1. The first-order chi connectivity index (χ1) is 13.2. The number of aromatic nitrogens is 4. The van der Waals surface area contributed by atoms with Crippen molar-refractivity contribution >= 4 is 40.6 Å². The quantitative estimate of drug-likeness (QED) is 0.399. The summed E-state index contributed by atoms with van der Waals surface area (Å²) < 4.78 is 7.68. The zero-order chi connectivity index (χ0) is 18.6. The molecule has 2 aromatic heterocycles. The molecule has 136 valence electrons. The molecule has 4 aromatic rings. The van der Waals surface area contributed by atoms with Gasteiger partial charge >= 0.3 is 0 Å². The molecule has 0 spiro atoms. The predicted molar refractivity (Wildman–Crippen MR) is 108 cm³/mol. The second-order valence-corrected chi connectivity index (χ2v) is 7.56. The second-order valence-electron chi connectivity index (χ2n) is 5.75. The third-order valence-electron chi connectivity index (χ3n) is 3.79. The monoisotopic (exact) mass is 416 g/mol. The molecule has 0 bridgehead atoms. The Kier molecular flexibility index (Phi) is 5.48. The molecule has 2 heterocycles. The molecule has 0 radical (unpaired) electrons. The lowest BCUT2D eigenvalue weighted by Crippen LogP contribution is -2.04. The van der Waals surface area contributed by atoms with E-state index in [2.05, 4.69) is 15.2 Å². The SMILES string of the molecule is Clc1cccc(COc2nnc(SCc3cccc(Cl)c3)n3ccnc23)c1. The van der Waals surface area contributed by atoms with Crippen molar-refractivity contribution in [1.29, 1.82) is 0 Å². The Labute approximate surface area is 170 Å². The fourth-order valence-electron chi connectivity index (χ4n) is 2.54. The van der Waals surface area contributed by atoms with Crippen LogP contribution in [0.15, 0.2) is 66.1 Å². The number of ether oxygens (including phenoxy) is 1. The lowest BCUT2D eigenvalue weighted by molar-refractivity contribution is 0.290. The summed E-state index contributed by atoms with van der Waals surface area (Å²) in [6.07, 6.45) is 3.55. The molecule has 0 aliphatic heterocycles. The molecule has 0 amide bonds. The Morgan fingerprint density at radius 2 is 1.70 bits per heavy atom. The number of hydrogen-bond acceptors (Lipinski definition) is 5. The van der Waals surface area contributed by atoms with E-state index in [-0.39, 0.29) is 0 Å². The molecule has 0 N–H and O–H groups in total. The van der Waals surface area contributed by atoms with Crippen molar-refractivity contribution in [3.05, 3.63) is 82.1 Å². The minimum atomic E-state index is 0.340. The summed E-state index contributed by atoms with van der Waals surface area (Å²) >= 11 is 13.6. The van der Waals surface area contributed by atoms with Crippen molar-refractivity contribution in [2.24, 2.45) is 0 Å². The topological polar surface area (TPSA) is 52.3 Å². The van der Waals surface area contributed by atoms with Crippen LogP contribution in [0.3, 0.4) is 0 Å². The van der Waals surface area contributed by atoms with Crippen molar-refractivity contribution in [3.8, 4) is 5.88 Å². The van der Waals surface area contributed by atoms with Crippen LogP contribution in [-0.2, 0) is 12.4 Å². The molecule has 27 heavy (non-hydrogen) atoms. The number of benzene rings is 2. The highest BCUT2D eigenvalue weighted by molar-refractivity contribution is 7.98. The van der Waals surface area contributed by atoms with Crippen LogP contribution < -0.4 is 4.74 Å². The van der Waals surface area contributed by atoms with Gasteiger partial charge in [-0.2, -0.15) is 0 Å². The van der Waals surface area contributed by atoms with Crippen LogP contribution in [-0.4, -0.2) is 19.6 Å². The molecule has 0 unspecified atom stereocenters. The molecule has 4 rings (SSSR count). The average Bonchev–Trinajstić information content (AvgIpc) is 3.15. The second kappa shape index (κ2) is 8.17. The van der Waals surface area contributed by atoms with Crippen LogP contribution in [0.4, 0.5) is 0 Å². The maximum atomic E-state index is 6.04. The largest absolute Gasteiger partial charge is 0.469 e. The van der Waals surface area contributed by atoms with Crippen LogP contribution in [0.25, 0.3) is 5.65 Å². The number of hydrogen-bond donors (Lipinski definition) is 0. The summed E-state index contributed by atoms with van der Waals surface area (Å²) in [5.74, 6) is 1.11. The van der Waals surface area contributed by atoms with Crippen molar-refractivity contribution < 1.29 is 4.74 Å². The summed E-state index contributed by atoms with van der Waals surface area (Å²) in [6.45, 7) is 0.340. The Balaban J connectivity index is 1.51. The summed E-state index contributed by atoms with van der Waals surface area (Å²) in [6, 6.07) is 15.3. The lowest BCUT2D eigenvalue weighted by Gasteiger charge is -2.09. The van der Waals surface area contributed by atoms with Crippen molar-refractivity contribution in [1.82, 2.24) is 19.6 Å². The molecule has 0 aliphatic carbocycles. The van der Waals surface area contributed by atoms with Gasteiger partial charge in [-0.15, -0.1) is 10.2 Å². The van der Waals surface area contributed by atoms with Gasteiger partial charge in [0.2, 0.25) is 5.65 Å². The van der Waals surface area contributed by atoms with E-state index in [1.54, 1.807) is 18.0 Å². The number of thioether (sulfide) groups is 1. The third kappa shape index (κ3) is 4.35. The van der Waals surface area contributed by atoms with Crippen LogP contribution in [0.5, 0.6) is 5.88 Å². The van der Waals surface area contributed by atoms with Crippen molar-refractivity contribution in [2.75, 3.05) is 0 Å². The van der Waals surface area contributed by atoms with E-state index in [1.807, 2.05) is 59.1 Å². The number of halogens is 2. The highest BCUT2D eigenvalue weighted by atomic mass is 35.5. The molecule has 0 atom stereocenters. The van der Waals surface area contributed by atoms with E-state index in [1.165, 1.54) is 0 Å². The van der Waals surface area contributed by atoms with Crippen LogP contribution in [0.2, 0.25) is 10.0 Å². The molecular weight excluding hydrogens is 403 g/mol. The minimum Gasteiger partial charge on any atom is -0.469 e. The Hall–Kier alpha value is -2.28. The van der Waals surface area contributed by atoms with E-state index in [9.17, 15) is 0 Å². The van der Waals surface area contributed by atoms with E-state index in [0.717, 1.165) is 27.1 Å². The fraction of sp³-hybridized carbons (Fsp3) is 0.105. The highest BCUT2D eigenvalue weighted by Crippen LogP contribution is 2.25. The molecule has 2 aromatic carbocycles. The Bertz CT molecular complexity index is 1000. The number of nitrogens with zero attached hydrogens (tertiary/aromatic N) is 4. The van der Waals surface area contributed by atoms with Gasteiger partial charge in [-0.05, 0) is 35.4 Å². The Morgan fingerprint density at radius 1 is 0.963 bits per heavy atom. The van der Waals surface area contributed by atoms with Gasteiger partial charge in [0.15, 0.2) is 5.16 Å². The van der Waals surface area contributed by atoms with Crippen molar-refractivity contribution in [2.45, 2.75) is 17.5 Å². The molecule has 8 heteroatoms. The van der Waals surface area contributed by atoms with Gasteiger partial charge in [-0.1, -0.05) is 59.2 Å². The first-order valence-corrected chi connectivity index (χ1v) is 9.87. The predicted octanol–water partition coefficient (Wildman–Crippen LogP) is 5.30. The van der Waals surface area contributed by atoms with E-state index in [4.69, 9.17) is 27.9 Å². The summed E-state index contributed by atoms with van der Waals surface area (Å²) in [7, 11) is 0. The van der Waals surface area contributed by atoms with E-state index < -0.39 is 0 Å². The summed E-state index contributed by atoms with van der Waals surface area (Å²) in [5.41, 5.74) is 2.69. The van der Waals surface area contributed by atoms with Crippen LogP contribution >= 0.6 is 35.0 Å². The fourth-order valence-corrected chi connectivity index (χ4v) is 3.83. The molecule has 0 saturated carbocycles. The zero-order valence-corrected chi connectivity index (χ0v) is 16.4. The average molecular weight is 417 g/mol. The summed E-state index contributed by atoms with van der Waals surface area (Å²) in [5, 5.41) is 10.6. The maximum absolute atomic E-state index is 6.04. The van der Waals surface area contributed by atoms with Gasteiger partial charge in [0.05, 0.1) is 0 Å². The smallest absolute Gasteiger partial charge is 0.278 e. The van der Waals surface area contributed by atoms with E-state index >= 15 is 0 Å². The Morgan fingerprint density at radius 3 is 2.48 bits per heavy atom. The molecule has 0 aliphatic rings. The van der Waals surface area contributed by atoms with Gasteiger partial charge in [0.25, 0.3) is 5.88 Å². The lowest BCUT2D eigenvalue weighted by atomic mass is 10.2. The first kappa shape index (κ1) is 18.1.